The van der Waals surface area contributed by atoms with Gasteiger partial charge in [0.2, 0.25) is 0 Å². The predicted molar refractivity (Wildman–Crippen MR) is 119 cm³/mol. The molecule has 0 bridgehead atoms. The van der Waals surface area contributed by atoms with Crippen LogP contribution in [-0.4, -0.2) is 47.0 Å². The molecular weight excluding hydrogens is 441 g/mol. The van der Waals surface area contributed by atoms with Crippen LogP contribution in [-0.2, 0) is 11.3 Å². The van der Waals surface area contributed by atoms with Crippen molar-refractivity contribution in [3.63, 3.8) is 0 Å². The van der Waals surface area contributed by atoms with Crippen molar-refractivity contribution in [3.05, 3.63) is 53.4 Å². The number of ether oxygens (including phenoxy) is 1. The summed E-state index contributed by atoms with van der Waals surface area (Å²) < 4.78 is 47.4. The molecule has 1 aromatic carbocycles. The van der Waals surface area contributed by atoms with E-state index in [1.54, 1.807) is 37.5 Å². The van der Waals surface area contributed by atoms with Crippen molar-refractivity contribution in [2.75, 3.05) is 31.2 Å². The first kappa shape index (κ1) is 21.0. The van der Waals surface area contributed by atoms with Crippen LogP contribution in [0.2, 0.25) is 5.02 Å². The number of morpholine rings is 1. The molecule has 0 radical (unpaired) electrons. The molecule has 1 aliphatic heterocycles. The second kappa shape index (κ2) is 7.94. The summed E-state index contributed by atoms with van der Waals surface area (Å²) in [5.74, 6) is 0.811. The average Bonchev–Trinajstić information content (AvgIpc) is 3.07. The third-order valence-corrected chi connectivity index (χ3v) is 5.96. The van der Waals surface area contributed by atoms with Crippen molar-refractivity contribution in [1.29, 1.82) is 0 Å². The number of anilines is 1. The maximum Gasteiger partial charge on any atom is 0.406 e. The maximum absolute atomic E-state index is 13.6. The Morgan fingerprint density at radius 3 is 2.50 bits per heavy atom. The third-order valence-electron chi connectivity index (χ3n) is 5.74. The molecule has 4 heterocycles. The Bertz CT molecular complexity index is 1300. The molecule has 1 aliphatic rings. The van der Waals surface area contributed by atoms with Crippen molar-refractivity contribution in [1.82, 2.24) is 14.5 Å². The van der Waals surface area contributed by atoms with Crippen LogP contribution in [0.15, 0.2) is 42.7 Å². The van der Waals surface area contributed by atoms with Gasteiger partial charge in [-0.3, -0.25) is 4.98 Å². The van der Waals surface area contributed by atoms with Gasteiger partial charge in [0.1, 0.15) is 12.4 Å². The summed E-state index contributed by atoms with van der Waals surface area (Å²) >= 11 is 6.42. The van der Waals surface area contributed by atoms with Crippen LogP contribution in [0, 0.1) is 6.92 Å². The normalized spacial score (nSPS) is 15.1. The molecule has 0 saturated carbocycles. The summed E-state index contributed by atoms with van der Waals surface area (Å²) in [6.45, 7) is 3.38. The summed E-state index contributed by atoms with van der Waals surface area (Å²) in [6, 6.07) is 8.91. The van der Waals surface area contributed by atoms with Gasteiger partial charge < -0.3 is 14.2 Å². The lowest BCUT2D eigenvalue weighted by Gasteiger charge is -2.27. The van der Waals surface area contributed by atoms with E-state index in [4.69, 9.17) is 16.3 Å². The molecule has 0 aliphatic carbocycles. The van der Waals surface area contributed by atoms with Crippen LogP contribution in [0.4, 0.5) is 19.0 Å². The molecule has 1 saturated heterocycles. The lowest BCUT2D eigenvalue weighted by atomic mass is 10.0. The van der Waals surface area contributed by atoms with Crippen molar-refractivity contribution in [3.8, 4) is 11.1 Å². The highest BCUT2D eigenvalue weighted by Gasteiger charge is 2.31. The third kappa shape index (κ3) is 3.78. The van der Waals surface area contributed by atoms with E-state index in [1.807, 2.05) is 12.1 Å². The van der Waals surface area contributed by atoms with E-state index in [9.17, 15) is 13.2 Å². The lowest BCUT2D eigenvalue weighted by Crippen LogP contribution is -2.36. The Labute approximate surface area is 187 Å². The van der Waals surface area contributed by atoms with E-state index in [-0.39, 0.29) is 0 Å². The van der Waals surface area contributed by atoms with Crippen molar-refractivity contribution < 1.29 is 17.9 Å². The summed E-state index contributed by atoms with van der Waals surface area (Å²) in [5, 5.41) is 1.80. The van der Waals surface area contributed by atoms with E-state index in [2.05, 4.69) is 14.9 Å². The number of fused-ring (bicyclic) bond motifs is 3. The molecule has 9 heteroatoms. The molecule has 166 valence electrons. The quantitative estimate of drug-likeness (QED) is 0.398. The molecule has 5 rings (SSSR count). The topological polar surface area (TPSA) is 43.2 Å². The highest BCUT2D eigenvalue weighted by Crippen LogP contribution is 2.40. The van der Waals surface area contributed by atoms with Gasteiger partial charge in [0, 0.05) is 52.4 Å². The Hall–Kier alpha value is -2.84. The minimum Gasteiger partial charge on any atom is -0.378 e. The van der Waals surface area contributed by atoms with Crippen LogP contribution in [0.3, 0.4) is 0 Å². The van der Waals surface area contributed by atoms with Gasteiger partial charge in [-0.1, -0.05) is 11.6 Å². The number of pyridine rings is 2. The first-order valence-electron chi connectivity index (χ1n) is 10.2. The van der Waals surface area contributed by atoms with Gasteiger partial charge in [-0.15, -0.1) is 0 Å². The number of halogens is 4. The zero-order chi connectivity index (χ0) is 22.5. The van der Waals surface area contributed by atoms with Gasteiger partial charge in [0.15, 0.2) is 0 Å². The molecule has 3 aromatic heterocycles. The average molecular weight is 461 g/mol. The second-order valence-corrected chi connectivity index (χ2v) is 8.28. The second-order valence-electron chi connectivity index (χ2n) is 7.85. The number of alkyl halides is 3. The number of rotatable bonds is 3. The van der Waals surface area contributed by atoms with Gasteiger partial charge >= 0.3 is 6.18 Å². The zero-order valence-electron chi connectivity index (χ0n) is 17.3. The van der Waals surface area contributed by atoms with Gasteiger partial charge in [0.25, 0.3) is 0 Å². The molecule has 0 unspecified atom stereocenters. The van der Waals surface area contributed by atoms with Crippen LogP contribution in [0.1, 0.15) is 5.69 Å². The van der Waals surface area contributed by atoms with Crippen molar-refractivity contribution in [2.24, 2.45) is 0 Å². The number of nitrogens with zero attached hydrogens (tertiary/aromatic N) is 4. The van der Waals surface area contributed by atoms with E-state index < -0.39 is 12.7 Å². The van der Waals surface area contributed by atoms with Crippen LogP contribution >= 0.6 is 11.6 Å². The van der Waals surface area contributed by atoms with Crippen LogP contribution in [0.25, 0.3) is 32.9 Å². The molecule has 32 heavy (non-hydrogen) atoms. The summed E-state index contributed by atoms with van der Waals surface area (Å²) in [4.78, 5) is 10.9. The van der Waals surface area contributed by atoms with Gasteiger partial charge in [-0.2, -0.15) is 13.2 Å². The molecule has 1 fully saturated rings. The van der Waals surface area contributed by atoms with Gasteiger partial charge in [-0.05, 0) is 37.3 Å². The number of aryl methyl sites for hydroxylation is 1. The standard InChI is InChI=1S/C23H20ClF3N4O/c1-14-21-17(4-5-28-14)19-11-16(24)10-18(22(19)31(21)13-23(25,26)27)15-2-3-20(29-12-15)30-6-8-32-9-7-30/h2-5,10-12H,6-9,13H2,1H3. The molecule has 0 spiro atoms. The minimum absolute atomic E-state index is 0.449. The van der Waals surface area contributed by atoms with Crippen molar-refractivity contribution in [2.45, 2.75) is 19.6 Å². The Balaban J connectivity index is 1.73. The summed E-state index contributed by atoms with van der Waals surface area (Å²) in [5.41, 5.74) is 2.77. The molecule has 4 aromatic rings. The maximum atomic E-state index is 13.6. The fourth-order valence-corrected chi connectivity index (χ4v) is 4.62. The highest BCUT2D eigenvalue weighted by molar-refractivity contribution is 6.32. The van der Waals surface area contributed by atoms with E-state index in [0.717, 1.165) is 18.9 Å². The van der Waals surface area contributed by atoms with Crippen LogP contribution in [0.5, 0.6) is 0 Å². The fourth-order valence-electron chi connectivity index (χ4n) is 4.41. The zero-order valence-corrected chi connectivity index (χ0v) is 18.0. The number of aromatic nitrogens is 3. The number of benzene rings is 1. The summed E-state index contributed by atoms with van der Waals surface area (Å²) in [6.07, 6.45) is -1.10. The monoisotopic (exact) mass is 460 g/mol. The molecule has 0 atom stereocenters. The van der Waals surface area contributed by atoms with Gasteiger partial charge in [-0.25, -0.2) is 4.98 Å². The summed E-state index contributed by atoms with van der Waals surface area (Å²) in [7, 11) is 0. The first-order chi connectivity index (χ1) is 15.3. The number of hydrogen-bond acceptors (Lipinski definition) is 4. The van der Waals surface area contributed by atoms with E-state index in [1.165, 1.54) is 4.57 Å². The smallest absolute Gasteiger partial charge is 0.378 e. The van der Waals surface area contributed by atoms with E-state index >= 15 is 0 Å². The fraction of sp³-hybridized carbons (Fsp3) is 0.304. The largest absolute Gasteiger partial charge is 0.406 e. The minimum atomic E-state index is -4.39. The highest BCUT2D eigenvalue weighted by atomic mass is 35.5. The Kier molecular flexibility index (Phi) is 5.22. The van der Waals surface area contributed by atoms with Gasteiger partial charge in [0.05, 0.1) is 29.9 Å². The number of hydrogen-bond donors (Lipinski definition) is 0. The lowest BCUT2D eigenvalue weighted by molar-refractivity contribution is -0.139. The molecule has 0 amide bonds. The van der Waals surface area contributed by atoms with Crippen molar-refractivity contribution >= 4 is 39.2 Å². The molecular formula is C23H20ClF3N4O. The van der Waals surface area contributed by atoms with E-state index in [0.29, 0.717) is 56.9 Å². The first-order valence-corrected chi connectivity index (χ1v) is 10.6. The Morgan fingerprint density at radius 1 is 1.03 bits per heavy atom. The SMILES string of the molecule is Cc1nccc2c3cc(Cl)cc(-c4ccc(N5CCOCC5)nc4)c3n(CC(F)(F)F)c12. The molecule has 0 N–H and O–H groups in total. The molecule has 5 nitrogen and oxygen atoms in total. The predicted octanol–water partition coefficient (Wildman–Crippen LogP) is 5.61. The Morgan fingerprint density at radius 2 is 1.81 bits per heavy atom. The van der Waals surface area contributed by atoms with Crippen LogP contribution < -0.4 is 4.90 Å².